The van der Waals surface area contributed by atoms with Gasteiger partial charge in [0, 0.05) is 50.6 Å². The summed E-state index contributed by atoms with van der Waals surface area (Å²) in [5.41, 5.74) is 7.81. The Morgan fingerprint density at radius 1 is 0.652 bits per heavy atom. The standard InChI is InChI=1S/C40H31N4S.Pt/c1-40(2,3)28-22-23-41-39(24-28)44-35-17-8-7-16-33(35)34-21-20-32(26-38(34)44)45-31-15-11-14-30(25-31)43-27-42(29-12-5-4-6-13-29)36-18-9-10-19-37(36)43;/h4-24,27H,1-3H3;/q-1;. The fraction of sp³-hybridized carbons (Fsp3) is 0.100. The van der Waals surface area contributed by atoms with Crippen molar-refractivity contribution in [3.8, 4) is 17.2 Å². The first-order chi connectivity index (χ1) is 21.9. The van der Waals surface area contributed by atoms with Crippen molar-refractivity contribution in [3.05, 3.63) is 152 Å². The van der Waals surface area contributed by atoms with Crippen molar-refractivity contribution >= 4 is 44.6 Å². The van der Waals surface area contributed by atoms with E-state index < -0.39 is 0 Å². The van der Waals surface area contributed by atoms with Gasteiger partial charge in [0.1, 0.15) is 11.5 Å². The van der Waals surface area contributed by atoms with Crippen LogP contribution in [-0.4, -0.2) is 18.7 Å². The molecule has 0 saturated heterocycles. The van der Waals surface area contributed by atoms with E-state index in [-0.39, 0.29) is 26.5 Å². The van der Waals surface area contributed by atoms with Gasteiger partial charge in [0.25, 0.3) is 0 Å². The second-order valence-electron chi connectivity index (χ2n) is 12.3. The fourth-order valence-corrected chi connectivity index (χ4v) is 6.85. The third-order valence-corrected chi connectivity index (χ3v) is 9.21. The molecule has 0 unspecified atom stereocenters. The number of aromatic nitrogens is 4. The Hall–Kier alpha value is -4.44. The molecule has 0 spiro atoms. The molecule has 0 fully saturated rings. The van der Waals surface area contributed by atoms with Crippen LogP contribution in [0.4, 0.5) is 0 Å². The molecule has 3 aromatic heterocycles. The summed E-state index contributed by atoms with van der Waals surface area (Å²) < 4.78 is 6.69. The summed E-state index contributed by atoms with van der Waals surface area (Å²) in [6.07, 6.45) is 4.07. The summed E-state index contributed by atoms with van der Waals surface area (Å²) >= 11 is 1.68. The first-order valence-corrected chi connectivity index (χ1v) is 16.0. The summed E-state index contributed by atoms with van der Waals surface area (Å²) in [4.78, 5) is 6.89. The van der Waals surface area contributed by atoms with Crippen LogP contribution in [0.2, 0.25) is 0 Å². The van der Waals surface area contributed by atoms with Crippen molar-refractivity contribution in [3.63, 3.8) is 0 Å². The maximum atomic E-state index is 4.83. The molecule has 0 N–H and O–H groups in total. The van der Waals surface area contributed by atoms with Crippen molar-refractivity contribution in [1.29, 1.82) is 0 Å². The summed E-state index contributed by atoms with van der Waals surface area (Å²) in [7, 11) is 0. The molecule has 8 aromatic rings. The number of fused-ring (bicyclic) bond motifs is 4. The van der Waals surface area contributed by atoms with Crippen molar-refractivity contribution in [2.75, 3.05) is 0 Å². The Morgan fingerprint density at radius 3 is 2.13 bits per heavy atom. The second-order valence-corrected chi connectivity index (χ2v) is 13.4. The normalized spacial score (nSPS) is 11.7. The number of nitrogens with zero attached hydrogens (tertiary/aromatic N) is 4. The molecule has 0 amide bonds. The predicted octanol–water partition coefficient (Wildman–Crippen LogP) is 10.2. The molecule has 0 aliphatic carbocycles. The molecule has 3 heterocycles. The van der Waals surface area contributed by atoms with Crippen molar-refractivity contribution in [2.24, 2.45) is 0 Å². The number of para-hydroxylation sites is 4. The number of rotatable bonds is 5. The molecule has 0 saturated carbocycles. The van der Waals surface area contributed by atoms with Crippen molar-refractivity contribution in [1.82, 2.24) is 18.7 Å². The first-order valence-electron chi connectivity index (χ1n) is 15.1. The van der Waals surface area contributed by atoms with Crippen LogP contribution in [0.1, 0.15) is 26.3 Å². The molecular formula is C40H31N4PtS-. The maximum Gasteiger partial charge on any atom is 0.168 e. The van der Waals surface area contributed by atoms with E-state index in [1.165, 1.54) is 16.3 Å². The number of imidazole rings is 1. The van der Waals surface area contributed by atoms with Gasteiger partial charge >= 0.3 is 0 Å². The number of hydrogen-bond acceptors (Lipinski definition) is 2. The Labute approximate surface area is 287 Å². The van der Waals surface area contributed by atoms with Gasteiger partial charge in [-0.3, -0.25) is 0 Å². The quantitative estimate of drug-likeness (QED) is 0.162. The van der Waals surface area contributed by atoms with Gasteiger partial charge in [0.2, 0.25) is 0 Å². The van der Waals surface area contributed by atoms with E-state index >= 15 is 0 Å². The van der Waals surface area contributed by atoms with E-state index in [9.17, 15) is 0 Å². The maximum absolute atomic E-state index is 4.83. The van der Waals surface area contributed by atoms with Crippen molar-refractivity contribution < 1.29 is 21.1 Å². The zero-order valence-corrected chi connectivity index (χ0v) is 28.8. The number of benzene rings is 5. The van der Waals surface area contributed by atoms with E-state index in [4.69, 9.17) is 4.98 Å². The molecule has 6 heteroatoms. The summed E-state index contributed by atoms with van der Waals surface area (Å²) in [6.45, 7) is 6.71. The monoisotopic (exact) mass is 794 g/mol. The Morgan fingerprint density at radius 2 is 1.35 bits per heavy atom. The number of hydrogen-bond donors (Lipinski definition) is 0. The minimum Gasteiger partial charge on any atom is -0.319 e. The predicted molar refractivity (Wildman–Crippen MR) is 186 cm³/mol. The average molecular weight is 795 g/mol. The van der Waals surface area contributed by atoms with Crippen LogP contribution >= 0.6 is 11.8 Å². The van der Waals surface area contributed by atoms with E-state index in [1.54, 1.807) is 11.8 Å². The van der Waals surface area contributed by atoms with Gasteiger partial charge in [-0.2, -0.15) is 28.8 Å². The first kappa shape index (κ1) is 30.2. The van der Waals surface area contributed by atoms with Crippen LogP contribution in [0.5, 0.6) is 0 Å². The third kappa shape index (κ3) is 5.38. The summed E-state index contributed by atoms with van der Waals surface area (Å²) in [5.74, 6) is 0.909. The van der Waals surface area contributed by atoms with Gasteiger partial charge in [-0.05, 0) is 46.7 Å². The molecule has 5 aromatic carbocycles. The Balaban J connectivity index is 0.00000338. The van der Waals surface area contributed by atoms with Crippen molar-refractivity contribution in [2.45, 2.75) is 36.0 Å². The van der Waals surface area contributed by atoms with E-state index in [0.717, 1.165) is 49.1 Å². The fourth-order valence-electron chi connectivity index (χ4n) is 6.03. The molecule has 0 bridgehead atoms. The van der Waals surface area contributed by atoms with E-state index in [2.05, 4.69) is 168 Å². The van der Waals surface area contributed by atoms with Crippen LogP contribution in [-0.2, 0) is 26.5 Å². The van der Waals surface area contributed by atoms with Gasteiger partial charge in [0.05, 0.1) is 0 Å². The second kappa shape index (κ2) is 12.1. The van der Waals surface area contributed by atoms with E-state index in [0.29, 0.717) is 0 Å². The van der Waals surface area contributed by atoms with Gasteiger partial charge in [0.15, 0.2) is 17.4 Å². The zero-order chi connectivity index (χ0) is 30.5. The Bertz CT molecular complexity index is 2350. The third-order valence-electron chi connectivity index (χ3n) is 8.30. The summed E-state index contributed by atoms with van der Waals surface area (Å²) in [6, 6.07) is 50.0. The topological polar surface area (TPSA) is 27.7 Å². The van der Waals surface area contributed by atoms with Crippen LogP contribution in [0.15, 0.2) is 144 Å². The van der Waals surface area contributed by atoms with Gasteiger partial charge in [-0.15, -0.1) is 40.2 Å². The van der Waals surface area contributed by atoms with Crippen LogP contribution in [0.25, 0.3) is 50.0 Å². The van der Waals surface area contributed by atoms with Gasteiger partial charge in [-0.25, -0.2) is 9.55 Å². The molecule has 8 rings (SSSR count). The molecule has 228 valence electrons. The SMILES string of the molecule is CC(C)(C)c1ccnc(-n2c3[c-]c(Sc4[c-]c(-n5[cH+]n(-c6ccccc6)c6ccccc65)ccc4)ccc3c3ccccc32)c1.[Pt]. The Kier molecular flexibility index (Phi) is 7.92. The molecular weight excluding hydrogens is 764 g/mol. The van der Waals surface area contributed by atoms with Crippen LogP contribution in [0, 0.1) is 12.1 Å². The number of pyridine rings is 1. The molecule has 4 nitrogen and oxygen atoms in total. The molecule has 0 aliphatic heterocycles. The molecule has 0 aliphatic rings. The van der Waals surface area contributed by atoms with Gasteiger partial charge in [-0.1, -0.05) is 79.7 Å². The molecule has 46 heavy (non-hydrogen) atoms. The largest absolute Gasteiger partial charge is 0.319 e. The average Bonchev–Trinajstić information content (AvgIpc) is 3.61. The molecule has 0 atom stereocenters. The van der Waals surface area contributed by atoms with Crippen LogP contribution < -0.4 is 0 Å². The zero-order valence-electron chi connectivity index (χ0n) is 25.7. The minimum atomic E-state index is 0. The van der Waals surface area contributed by atoms with Gasteiger partial charge < -0.3 is 4.57 Å². The van der Waals surface area contributed by atoms with E-state index in [1.807, 2.05) is 12.3 Å². The molecule has 0 radical (unpaired) electrons. The summed E-state index contributed by atoms with van der Waals surface area (Å²) in [5, 5.41) is 2.36. The minimum absolute atomic E-state index is 0. The smallest absolute Gasteiger partial charge is 0.168 e. The van der Waals surface area contributed by atoms with Crippen LogP contribution in [0.3, 0.4) is 0 Å².